The topological polar surface area (TPSA) is 54.0 Å². The number of hydrogen-bond donors (Lipinski definition) is 2. The van der Waals surface area contributed by atoms with Crippen LogP contribution in [0.1, 0.15) is 10.4 Å². The molecule has 25 heavy (non-hydrogen) atoms. The van der Waals surface area contributed by atoms with Crippen LogP contribution in [-0.2, 0) is 0 Å². The zero-order valence-corrected chi connectivity index (χ0v) is 13.5. The highest BCUT2D eigenvalue weighted by atomic mass is 35.5. The molecule has 0 aliphatic heterocycles. The molecule has 0 aliphatic carbocycles. The molecule has 0 saturated carbocycles. The molecule has 7 heteroatoms. The number of carbonyl (C=O) groups is 1. The van der Waals surface area contributed by atoms with Gasteiger partial charge in [0, 0.05) is 12.3 Å². The van der Waals surface area contributed by atoms with E-state index in [1.165, 1.54) is 12.4 Å². The summed E-state index contributed by atoms with van der Waals surface area (Å²) in [7, 11) is 0. The number of halogens is 3. The third kappa shape index (κ3) is 4.10. The van der Waals surface area contributed by atoms with Crippen molar-refractivity contribution in [1.82, 2.24) is 4.98 Å². The fourth-order valence-corrected chi connectivity index (χ4v) is 2.32. The molecule has 0 atom stereocenters. The molecule has 0 saturated heterocycles. The van der Waals surface area contributed by atoms with Crippen molar-refractivity contribution >= 4 is 34.6 Å². The number of nitrogens with zero attached hydrogens (tertiary/aromatic N) is 1. The van der Waals surface area contributed by atoms with E-state index in [0.717, 1.165) is 12.1 Å². The first-order valence-electron chi connectivity index (χ1n) is 7.26. The van der Waals surface area contributed by atoms with Gasteiger partial charge in [0.25, 0.3) is 5.91 Å². The summed E-state index contributed by atoms with van der Waals surface area (Å²) in [6, 6.07) is 11.6. The summed E-state index contributed by atoms with van der Waals surface area (Å²) in [4.78, 5) is 16.2. The van der Waals surface area contributed by atoms with Crippen molar-refractivity contribution < 1.29 is 13.6 Å². The van der Waals surface area contributed by atoms with Crippen LogP contribution in [-0.4, -0.2) is 10.9 Å². The maximum atomic E-state index is 13.6. The molecule has 3 rings (SSSR count). The molecule has 1 heterocycles. The van der Waals surface area contributed by atoms with Crippen molar-refractivity contribution in [2.24, 2.45) is 0 Å². The fraction of sp³-hybridized carbons (Fsp3) is 0. The lowest BCUT2D eigenvalue weighted by Crippen LogP contribution is -2.13. The van der Waals surface area contributed by atoms with Gasteiger partial charge in [0.15, 0.2) is 0 Å². The van der Waals surface area contributed by atoms with Gasteiger partial charge < -0.3 is 10.6 Å². The fourth-order valence-electron chi connectivity index (χ4n) is 2.14. The molecule has 3 aromatic rings. The summed E-state index contributed by atoms with van der Waals surface area (Å²) in [6.07, 6.45) is 2.87. The molecule has 0 bridgehead atoms. The van der Waals surface area contributed by atoms with Crippen molar-refractivity contribution in [1.29, 1.82) is 0 Å². The second-order valence-corrected chi connectivity index (χ2v) is 5.55. The second kappa shape index (κ2) is 7.27. The van der Waals surface area contributed by atoms with E-state index in [9.17, 15) is 13.6 Å². The maximum absolute atomic E-state index is 13.6. The number of para-hydroxylation sites is 1. The number of pyridine rings is 1. The van der Waals surface area contributed by atoms with E-state index in [-0.39, 0.29) is 11.3 Å². The predicted molar refractivity (Wildman–Crippen MR) is 93.3 cm³/mol. The van der Waals surface area contributed by atoms with Gasteiger partial charge >= 0.3 is 0 Å². The Morgan fingerprint density at radius 2 is 1.80 bits per heavy atom. The van der Waals surface area contributed by atoms with E-state index in [1.54, 1.807) is 24.3 Å². The van der Waals surface area contributed by atoms with E-state index < -0.39 is 17.5 Å². The van der Waals surface area contributed by atoms with Crippen LogP contribution in [0.15, 0.2) is 60.9 Å². The lowest BCUT2D eigenvalue weighted by molar-refractivity contribution is 0.102. The number of carbonyl (C=O) groups excluding carboxylic acids is 1. The molecule has 1 aromatic heterocycles. The third-order valence-corrected chi connectivity index (χ3v) is 3.66. The first kappa shape index (κ1) is 16.9. The molecular formula is C18H12ClF2N3O. The molecule has 0 fully saturated rings. The molecule has 126 valence electrons. The van der Waals surface area contributed by atoms with Crippen LogP contribution in [0.2, 0.25) is 5.02 Å². The van der Waals surface area contributed by atoms with Gasteiger partial charge in [0.1, 0.15) is 11.6 Å². The van der Waals surface area contributed by atoms with Crippen molar-refractivity contribution in [3.63, 3.8) is 0 Å². The van der Waals surface area contributed by atoms with Gasteiger partial charge in [0.2, 0.25) is 0 Å². The number of aromatic nitrogens is 1. The summed E-state index contributed by atoms with van der Waals surface area (Å²) in [5, 5.41) is 5.95. The summed E-state index contributed by atoms with van der Waals surface area (Å²) >= 11 is 6.08. The Kier molecular flexibility index (Phi) is 4.90. The zero-order chi connectivity index (χ0) is 17.8. The van der Waals surface area contributed by atoms with Gasteiger partial charge in [-0.3, -0.25) is 9.78 Å². The molecule has 0 unspecified atom stereocenters. The first-order chi connectivity index (χ1) is 12.0. The minimum absolute atomic E-state index is 0.115. The predicted octanol–water partition coefficient (Wildman–Crippen LogP) is 5.01. The number of anilines is 3. The van der Waals surface area contributed by atoms with Gasteiger partial charge in [0.05, 0.1) is 33.8 Å². The van der Waals surface area contributed by atoms with Gasteiger partial charge in [-0.2, -0.15) is 0 Å². The Hall–Kier alpha value is -2.99. The van der Waals surface area contributed by atoms with Gasteiger partial charge in [-0.25, -0.2) is 8.78 Å². The monoisotopic (exact) mass is 359 g/mol. The Labute approximate surface area is 147 Å². The highest BCUT2D eigenvalue weighted by Gasteiger charge is 2.11. The lowest BCUT2D eigenvalue weighted by atomic mass is 10.2. The largest absolute Gasteiger partial charge is 0.353 e. The second-order valence-electron chi connectivity index (χ2n) is 5.15. The third-order valence-electron chi connectivity index (χ3n) is 3.33. The molecular weight excluding hydrogens is 348 g/mol. The van der Waals surface area contributed by atoms with Crippen LogP contribution in [0.4, 0.5) is 25.8 Å². The molecule has 1 amide bonds. The number of amides is 1. The van der Waals surface area contributed by atoms with E-state index in [1.807, 2.05) is 6.07 Å². The van der Waals surface area contributed by atoms with E-state index in [4.69, 9.17) is 11.6 Å². The zero-order valence-electron chi connectivity index (χ0n) is 12.8. The number of benzene rings is 2. The SMILES string of the molecule is O=C(Nc1ccc(F)cc1F)c1cncc(Nc2ccccc2Cl)c1. The van der Waals surface area contributed by atoms with Gasteiger partial charge in [-0.05, 0) is 30.3 Å². The normalized spacial score (nSPS) is 10.4. The van der Waals surface area contributed by atoms with Crippen LogP contribution >= 0.6 is 11.6 Å². The van der Waals surface area contributed by atoms with Crippen LogP contribution in [0.3, 0.4) is 0 Å². The molecule has 2 aromatic carbocycles. The highest BCUT2D eigenvalue weighted by Crippen LogP contribution is 2.25. The maximum Gasteiger partial charge on any atom is 0.257 e. The first-order valence-corrected chi connectivity index (χ1v) is 7.64. The van der Waals surface area contributed by atoms with E-state index in [0.29, 0.717) is 22.5 Å². The van der Waals surface area contributed by atoms with Crippen LogP contribution in [0, 0.1) is 11.6 Å². The summed E-state index contributed by atoms with van der Waals surface area (Å²) < 4.78 is 26.6. The average molecular weight is 360 g/mol. The summed E-state index contributed by atoms with van der Waals surface area (Å²) in [5.74, 6) is -2.14. The smallest absolute Gasteiger partial charge is 0.257 e. The number of rotatable bonds is 4. The van der Waals surface area contributed by atoms with E-state index in [2.05, 4.69) is 15.6 Å². The van der Waals surface area contributed by atoms with Crippen LogP contribution < -0.4 is 10.6 Å². The minimum atomic E-state index is -0.855. The molecule has 4 nitrogen and oxygen atoms in total. The average Bonchev–Trinajstić information content (AvgIpc) is 2.60. The Balaban J connectivity index is 1.79. The van der Waals surface area contributed by atoms with Gasteiger partial charge in [-0.1, -0.05) is 23.7 Å². The Bertz CT molecular complexity index is 934. The molecule has 2 N–H and O–H groups in total. The van der Waals surface area contributed by atoms with Crippen LogP contribution in [0.5, 0.6) is 0 Å². The minimum Gasteiger partial charge on any atom is -0.353 e. The van der Waals surface area contributed by atoms with Crippen molar-refractivity contribution in [3.8, 4) is 0 Å². The van der Waals surface area contributed by atoms with Crippen molar-refractivity contribution in [2.75, 3.05) is 10.6 Å². The molecule has 0 aliphatic rings. The number of nitrogens with one attached hydrogen (secondary N) is 2. The number of hydrogen-bond acceptors (Lipinski definition) is 3. The van der Waals surface area contributed by atoms with E-state index >= 15 is 0 Å². The lowest BCUT2D eigenvalue weighted by Gasteiger charge is -2.10. The quantitative estimate of drug-likeness (QED) is 0.688. The summed E-state index contributed by atoms with van der Waals surface area (Å²) in [6.45, 7) is 0. The Morgan fingerprint density at radius 1 is 1.00 bits per heavy atom. The molecule has 0 radical (unpaired) electrons. The standard InChI is InChI=1S/C18H12ClF2N3O/c19-14-3-1-2-4-16(14)23-13-7-11(9-22-10-13)18(25)24-17-6-5-12(20)8-15(17)21/h1-10,23H,(H,24,25). The van der Waals surface area contributed by atoms with Crippen molar-refractivity contribution in [3.05, 3.63) is 83.1 Å². The van der Waals surface area contributed by atoms with Crippen LogP contribution in [0.25, 0.3) is 0 Å². The highest BCUT2D eigenvalue weighted by molar-refractivity contribution is 6.33. The van der Waals surface area contributed by atoms with Gasteiger partial charge in [-0.15, -0.1) is 0 Å². The Morgan fingerprint density at radius 3 is 2.56 bits per heavy atom. The van der Waals surface area contributed by atoms with Crippen molar-refractivity contribution in [2.45, 2.75) is 0 Å². The summed E-state index contributed by atoms with van der Waals surface area (Å²) in [5.41, 5.74) is 1.30. The molecule has 0 spiro atoms.